The van der Waals surface area contributed by atoms with E-state index in [4.69, 9.17) is 0 Å². The van der Waals surface area contributed by atoms with Crippen molar-refractivity contribution in [2.45, 2.75) is 19.8 Å². The average molecular weight is 234 g/mol. The van der Waals surface area contributed by atoms with Crippen LogP contribution in [0.2, 0.25) is 0 Å². The molecule has 0 saturated heterocycles. The van der Waals surface area contributed by atoms with Gasteiger partial charge in [-0.15, -0.1) is 0 Å². The average Bonchev–Trinajstić information content (AvgIpc) is 2.54. The quantitative estimate of drug-likeness (QED) is 0.805. The third kappa shape index (κ3) is 2.20. The van der Waals surface area contributed by atoms with Crippen molar-refractivity contribution in [3.8, 4) is 0 Å². The van der Waals surface area contributed by atoms with E-state index < -0.39 is 0 Å². The minimum Gasteiger partial charge on any atom is -0.348 e. The first-order chi connectivity index (χ1) is 8.15. The maximum absolute atomic E-state index is 13.2. The van der Waals surface area contributed by atoms with Gasteiger partial charge in [0, 0.05) is 18.1 Å². The van der Waals surface area contributed by atoms with Gasteiger partial charge in [0.1, 0.15) is 5.82 Å². The zero-order valence-corrected chi connectivity index (χ0v) is 10.7. The van der Waals surface area contributed by atoms with Crippen LogP contribution in [-0.4, -0.2) is 18.2 Å². The monoisotopic (exact) mass is 234 g/mol. The molecule has 0 radical (unpaired) electrons. The Bertz CT molecular complexity index is 528. The van der Waals surface area contributed by atoms with Gasteiger partial charge in [0.15, 0.2) is 0 Å². The first-order valence-electron chi connectivity index (χ1n) is 6.03. The molecule has 2 nitrogen and oxygen atoms in total. The largest absolute Gasteiger partial charge is 0.348 e. The van der Waals surface area contributed by atoms with Crippen molar-refractivity contribution < 1.29 is 4.39 Å². The fourth-order valence-corrected chi connectivity index (χ4v) is 2.37. The van der Waals surface area contributed by atoms with Gasteiger partial charge in [0.2, 0.25) is 0 Å². The predicted octanol–water partition coefficient (Wildman–Crippen LogP) is 2.78. The normalized spacial score (nSPS) is 11.3. The fourth-order valence-electron chi connectivity index (χ4n) is 2.37. The van der Waals surface area contributed by atoms with E-state index in [0.717, 1.165) is 24.9 Å². The SMILES string of the molecule is CNCCCc1c(C)n(C)c2cc(F)ccc12. The van der Waals surface area contributed by atoms with Crippen molar-refractivity contribution in [2.24, 2.45) is 7.05 Å². The maximum atomic E-state index is 13.2. The molecule has 1 heterocycles. The molecule has 0 spiro atoms. The Morgan fingerprint density at radius 1 is 1.35 bits per heavy atom. The highest BCUT2D eigenvalue weighted by molar-refractivity contribution is 5.85. The molecule has 0 unspecified atom stereocenters. The van der Waals surface area contributed by atoms with Gasteiger partial charge >= 0.3 is 0 Å². The number of benzene rings is 1. The molecule has 0 atom stereocenters. The van der Waals surface area contributed by atoms with Crippen LogP contribution in [0.25, 0.3) is 10.9 Å². The summed E-state index contributed by atoms with van der Waals surface area (Å²) in [5.41, 5.74) is 3.57. The smallest absolute Gasteiger partial charge is 0.125 e. The Kier molecular flexibility index (Phi) is 3.48. The van der Waals surface area contributed by atoms with Crippen LogP contribution < -0.4 is 5.32 Å². The standard InChI is InChI=1S/C14H19FN2/c1-10-12(5-4-8-16-2)13-7-6-11(15)9-14(13)17(10)3/h6-7,9,16H,4-5,8H2,1-3H3. The van der Waals surface area contributed by atoms with Crippen LogP contribution >= 0.6 is 0 Å². The Morgan fingerprint density at radius 3 is 2.82 bits per heavy atom. The summed E-state index contributed by atoms with van der Waals surface area (Å²) in [6.07, 6.45) is 2.14. The van der Waals surface area contributed by atoms with E-state index >= 15 is 0 Å². The van der Waals surface area contributed by atoms with Gasteiger partial charge in [-0.1, -0.05) is 0 Å². The molecule has 1 aromatic carbocycles. The Morgan fingerprint density at radius 2 is 2.12 bits per heavy atom. The molecule has 0 fully saturated rings. The van der Waals surface area contributed by atoms with E-state index in [1.54, 1.807) is 12.1 Å². The van der Waals surface area contributed by atoms with Gasteiger partial charge in [0.25, 0.3) is 0 Å². The summed E-state index contributed by atoms with van der Waals surface area (Å²) >= 11 is 0. The lowest BCUT2D eigenvalue weighted by Crippen LogP contribution is -2.08. The van der Waals surface area contributed by atoms with Gasteiger partial charge < -0.3 is 9.88 Å². The van der Waals surface area contributed by atoms with E-state index in [2.05, 4.69) is 16.8 Å². The van der Waals surface area contributed by atoms with E-state index in [9.17, 15) is 4.39 Å². The van der Waals surface area contributed by atoms with Crippen molar-refractivity contribution in [1.82, 2.24) is 9.88 Å². The number of aryl methyl sites for hydroxylation is 2. The number of rotatable bonds is 4. The highest BCUT2D eigenvalue weighted by atomic mass is 19.1. The first-order valence-corrected chi connectivity index (χ1v) is 6.03. The zero-order valence-electron chi connectivity index (χ0n) is 10.7. The fraction of sp³-hybridized carbons (Fsp3) is 0.429. The molecule has 0 bridgehead atoms. The molecule has 0 aliphatic rings. The number of nitrogens with one attached hydrogen (secondary N) is 1. The summed E-state index contributed by atoms with van der Waals surface area (Å²) < 4.78 is 15.3. The second kappa shape index (κ2) is 4.88. The lowest BCUT2D eigenvalue weighted by molar-refractivity contribution is 0.629. The summed E-state index contributed by atoms with van der Waals surface area (Å²) in [6, 6.07) is 5.06. The van der Waals surface area contributed by atoms with Crippen molar-refractivity contribution in [3.05, 3.63) is 35.3 Å². The highest BCUT2D eigenvalue weighted by Gasteiger charge is 2.11. The molecule has 3 heteroatoms. The maximum Gasteiger partial charge on any atom is 0.125 e. The van der Waals surface area contributed by atoms with Crippen molar-refractivity contribution in [2.75, 3.05) is 13.6 Å². The predicted molar refractivity (Wildman–Crippen MR) is 69.9 cm³/mol. The van der Waals surface area contributed by atoms with Gasteiger partial charge in [-0.25, -0.2) is 4.39 Å². The number of halogens is 1. The molecule has 0 saturated carbocycles. The second-order valence-corrected chi connectivity index (χ2v) is 4.49. The second-order valence-electron chi connectivity index (χ2n) is 4.49. The van der Waals surface area contributed by atoms with Crippen LogP contribution in [0, 0.1) is 12.7 Å². The summed E-state index contributed by atoms with van der Waals surface area (Å²) in [6.45, 7) is 3.11. The number of fused-ring (bicyclic) bond motifs is 1. The molecule has 92 valence electrons. The Hall–Kier alpha value is -1.35. The molecule has 17 heavy (non-hydrogen) atoms. The summed E-state index contributed by atoms with van der Waals surface area (Å²) in [5.74, 6) is -0.167. The Balaban J connectivity index is 2.44. The summed E-state index contributed by atoms with van der Waals surface area (Å²) in [4.78, 5) is 0. The molecule has 0 amide bonds. The van der Waals surface area contributed by atoms with E-state index in [1.165, 1.54) is 16.6 Å². The molecular weight excluding hydrogens is 215 g/mol. The van der Waals surface area contributed by atoms with Crippen LogP contribution in [0.5, 0.6) is 0 Å². The van der Waals surface area contributed by atoms with E-state index in [1.807, 2.05) is 20.2 Å². The Labute approximate surface area is 101 Å². The number of nitrogens with zero attached hydrogens (tertiary/aromatic N) is 1. The van der Waals surface area contributed by atoms with Gasteiger partial charge in [0.05, 0.1) is 5.52 Å². The minimum absolute atomic E-state index is 0.167. The molecule has 0 aliphatic carbocycles. The molecule has 2 rings (SSSR count). The van der Waals surface area contributed by atoms with Crippen LogP contribution in [0.3, 0.4) is 0 Å². The third-order valence-electron chi connectivity index (χ3n) is 3.44. The van der Waals surface area contributed by atoms with Gasteiger partial charge in [-0.3, -0.25) is 0 Å². The van der Waals surface area contributed by atoms with E-state index in [0.29, 0.717) is 0 Å². The third-order valence-corrected chi connectivity index (χ3v) is 3.44. The summed E-state index contributed by atoms with van der Waals surface area (Å²) in [7, 11) is 3.96. The van der Waals surface area contributed by atoms with Crippen molar-refractivity contribution in [1.29, 1.82) is 0 Å². The van der Waals surface area contributed by atoms with E-state index in [-0.39, 0.29) is 5.82 Å². The number of aromatic nitrogens is 1. The highest BCUT2D eigenvalue weighted by Crippen LogP contribution is 2.26. The van der Waals surface area contributed by atoms with Crippen molar-refractivity contribution >= 4 is 10.9 Å². The van der Waals surface area contributed by atoms with Crippen LogP contribution in [0.15, 0.2) is 18.2 Å². The van der Waals surface area contributed by atoms with Crippen LogP contribution in [0.1, 0.15) is 17.7 Å². The number of hydrogen-bond acceptors (Lipinski definition) is 1. The molecule has 1 aromatic heterocycles. The molecular formula is C14H19FN2. The topological polar surface area (TPSA) is 17.0 Å². The van der Waals surface area contributed by atoms with Crippen LogP contribution in [-0.2, 0) is 13.5 Å². The zero-order chi connectivity index (χ0) is 12.4. The molecule has 2 aromatic rings. The van der Waals surface area contributed by atoms with Gasteiger partial charge in [-0.2, -0.15) is 0 Å². The van der Waals surface area contributed by atoms with Crippen molar-refractivity contribution in [3.63, 3.8) is 0 Å². The summed E-state index contributed by atoms with van der Waals surface area (Å²) in [5, 5.41) is 4.34. The lowest BCUT2D eigenvalue weighted by Gasteiger charge is -2.02. The lowest BCUT2D eigenvalue weighted by atomic mass is 10.1. The molecule has 1 N–H and O–H groups in total. The first kappa shape index (κ1) is 12.1. The van der Waals surface area contributed by atoms with Gasteiger partial charge in [-0.05, 0) is 57.1 Å². The molecule has 0 aliphatic heterocycles. The minimum atomic E-state index is -0.167. The number of hydrogen-bond donors (Lipinski definition) is 1. The van der Waals surface area contributed by atoms with Crippen LogP contribution in [0.4, 0.5) is 4.39 Å².